The van der Waals surface area contributed by atoms with E-state index in [1.807, 2.05) is 0 Å². The molecule has 33 heavy (non-hydrogen) atoms. The summed E-state index contributed by atoms with van der Waals surface area (Å²) in [7, 11) is 0. The quantitative estimate of drug-likeness (QED) is 0.119. The van der Waals surface area contributed by atoms with Crippen molar-refractivity contribution in [2.75, 3.05) is 13.1 Å². The third-order valence-corrected chi connectivity index (χ3v) is 6.60. The minimum atomic E-state index is 0.195. The van der Waals surface area contributed by atoms with Crippen LogP contribution in [0, 0.1) is 17.8 Å². The zero-order valence-corrected chi connectivity index (χ0v) is 22.9. The van der Waals surface area contributed by atoms with E-state index in [2.05, 4.69) is 50.2 Å². The smallest absolute Gasteiger partial charge is 0.223 e. The van der Waals surface area contributed by atoms with Gasteiger partial charge in [0, 0.05) is 37.9 Å². The van der Waals surface area contributed by atoms with Crippen molar-refractivity contribution in [2.45, 2.75) is 156 Å². The molecule has 0 aromatic rings. The first-order chi connectivity index (χ1) is 16.2. The van der Waals surface area contributed by atoms with Gasteiger partial charge in [0.2, 0.25) is 5.91 Å². The summed E-state index contributed by atoms with van der Waals surface area (Å²) in [5.74, 6) is 7.01. The second-order valence-electron chi connectivity index (χ2n) is 9.83. The van der Waals surface area contributed by atoms with Crippen molar-refractivity contribution in [2.24, 2.45) is 5.92 Å². The Morgan fingerprint density at radius 2 is 1.09 bits per heavy atom. The minimum Gasteiger partial charge on any atom is -0.355 e. The molecule has 2 unspecified atom stereocenters. The van der Waals surface area contributed by atoms with E-state index in [-0.39, 0.29) is 11.8 Å². The van der Waals surface area contributed by atoms with Gasteiger partial charge in [-0.1, -0.05) is 111 Å². The largest absolute Gasteiger partial charge is 0.355 e. The summed E-state index contributed by atoms with van der Waals surface area (Å²) in [6.07, 6.45) is 23.1. The van der Waals surface area contributed by atoms with Crippen molar-refractivity contribution in [3.63, 3.8) is 0 Å². The van der Waals surface area contributed by atoms with Gasteiger partial charge in [0.25, 0.3) is 0 Å². The summed E-state index contributed by atoms with van der Waals surface area (Å²) in [5.41, 5.74) is 0. The molecule has 0 rings (SSSR count). The predicted octanol–water partition coefficient (Wildman–Crippen LogP) is 8.17. The number of nitrogens with one attached hydrogen (secondary N) is 2. The normalized spacial score (nSPS) is 12.7. The lowest BCUT2D eigenvalue weighted by atomic mass is 9.94. The fourth-order valence-electron chi connectivity index (χ4n) is 4.39. The first-order valence-electron chi connectivity index (χ1n) is 14.7. The topological polar surface area (TPSA) is 41.1 Å². The molecule has 0 bridgehead atoms. The van der Waals surface area contributed by atoms with E-state index >= 15 is 0 Å². The molecule has 0 fully saturated rings. The number of unbranched alkanes of at least 4 members (excludes halogenated alkanes) is 9. The van der Waals surface area contributed by atoms with Crippen molar-refractivity contribution >= 4 is 5.91 Å². The number of hydrogen-bond donors (Lipinski definition) is 2. The van der Waals surface area contributed by atoms with Crippen LogP contribution in [0.5, 0.6) is 0 Å². The summed E-state index contributed by atoms with van der Waals surface area (Å²) in [5, 5.41) is 6.90. The summed E-state index contributed by atoms with van der Waals surface area (Å²) in [6, 6.07) is 0.659. The van der Waals surface area contributed by atoms with Crippen molar-refractivity contribution in [1.82, 2.24) is 10.6 Å². The molecule has 0 aliphatic heterocycles. The van der Waals surface area contributed by atoms with Gasteiger partial charge in [-0.15, -0.1) is 11.8 Å². The maximum Gasteiger partial charge on any atom is 0.223 e. The highest BCUT2D eigenvalue weighted by Crippen LogP contribution is 2.17. The van der Waals surface area contributed by atoms with Crippen LogP contribution in [-0.4, -0.2) is 25.0 Å². The van der Waals surface area contributed by atoms with Gasteiger partial charge in [-0.05, 0) is 25.7 Å². The zero-order chi connectivity index (χ0) is 24.4. The molecule has 194 valence electrons. The van der Waals surface area contributed by atoms with E-state index in [1.165, 1.54) is 83.5 Å². The summed E-state index contributed by atoms with van der Waals surface area (Å²) >= 11 is 0. The Morgan fingerprint density at radius 1 is 0.606 bits per heavy atom. The predicted molar refractivity (Wildman–Crippen MR) is 146 cm³/mol. The van der Waals surface area contributed by atoms with Crippen molar-refractivity contribution in [3.8, 4) is 11.8 Å². The highest BCUT2D eigenvalue weighted by molar-refractivity contribution is 5.78. The Balaban J connectivity index is 4.09. The van der Waals surface area contributed by atoms with Crippen LogP contribution in [0.4, 0.5) is 0 Å². The van der Waals surface area contributed by atoms with Gasteiger partial charge in [0.05, 0.1) is 0 Å². The van der Waals surface area contributed by atoms with E-state index in [0.717, 1.165) is 45.1 Å². The lowest BCUT2D eigenvalue weighted by Gasteiger charge is -2.18. The Hall–Kier alpha value is -1.01. The fourth-order valence-corrected chi connectivity index (χ4v) is 4.39. The van der Waals surface area contributed by atoms with Crippen molar-refractivity contribution < 1.29 is 4.79 Å². The molecule has 0 aromatic carbocycles. The van der Waals surface area contributed by atoms with Gasteiger partial charge in [-0.2, -0.15) is 0 Å². The van der Waals surface area contributed by atoms with Crippen LogP contribution in [0.25, 0.3) is 0 Å². The van der Waals surface area contributed by atoms with Gasteiger partial charge in [-0.3, -0.25) is 4.79 Å². The van der Waals surface area contributed by atoms with Gasteiger partial charge in [0.15, 0.2) is 0 Å². The Kier molecular flexibility index (Phi) is 24.8. The van der Waals surface area contributed by atoms with Crippen LogP contribution >= 0.6 is 0 Å². The van der Waals surface area contributed by atoms with E-state index in [9.17, 15) is 4.79 Å². The minimum absolute atomic E-state index is 0.195. The van der Waals surface area contributed by atoms with E-state index in [1.54, 1.807) is 0 Å². The van der Waals surface area contributed by atoms with Crippen LogP contribution in [0.3, 0.4) is 0 Å². The SMILES string of the molecule is CCCCCCCC(CCCCC)NCCC#CCCNC(=O)C(CCCC)CCCCC. The Labute approximate surface area is 208 Å². The maximum absolute atomic E-state index is 12.5. The highest BCUT2D eigenvalue weighted by Gasteiger charge is 2.16. The molecule has 0 spiro atoms. The number of amides is 1. The highest BCUT2D eigenvalue weighted by atomic mass is 16.1. The standard InChI is InChI=1S/C30H58N2O/c1-5-9-13-14-19-25-29(24-18-11-7-3)31-26-20-15-16-21-27-32-30(33)28(22-12-8-4)23-17-10-6-2/h28-29,31H,5-14,17-27H2,1-4H3,(H,32,33). The third-order valence-electron chi connectivity index (χ3n) is 6.60. The first-order valence-corrected chi connectivity index (χ1v) is 14.7. The molecule has 0 saturated carbocycles. The molecular weight excluding hydrogens is 404 g/mol. The van der Waals surface area contributed by atoms with E-state index in [0.29, 0.717) is 12.6 Å². The molecule has 0 aromatic heterocycles. The monoisotopic (exact) mass is 462 g/mol. The average Bonchev–Trinajstić information content (AvgIpc) is 2.82. The van der Waals surface area contributed by atoms with Gasteiger partial charge in [-0.25, -0.2) is 0 Å². The van der Waals surface area contributed by atoms with Gasteiger partial charge in [0.1, 0.15) is 0 Å². The molecule has 0 saturated heterocycles. The molecule has 0 aliphatic carbocycles. The van der Waals surface area contributed by atoms with Crippen molar-refractivity contribution in [1.29, 1.82) is 0 Å². The fraction of sp³-hybridized carbons (Fsp3) is 0.900. The van der Waals surface area contributed by atoms with E-state index < -0.39 is 0 Å². The molecule has 1 amide bonds. The van der Waals surface area contributed by atoms with Crippen LogP contribution in [0.1, 0.15) is 150 Å². The van der Waals surface area contributed by atoms with Gasteiger partial charge < -0.3 is 10.6 Å². The van der Waals surface area contributed by atoms with Crippen LogP contribution in [0.2, 0.25) is 0 Å². The Morgan fingerprint density at radius 3 is 1.73 bits per heavy atom. The van der Waals surface area contributed by atoms with Crippen molar-refractivity contribution in [3.05, 3.63) is 0 Å². The Bertz CT molecular complexity index is 479. The third kappa shape index (κ3) is 21.3. The second kappa shape index (κ2) is 25.6. The van der Waals surface area contributed by atoms with E-state index in [4.69, 9.17) is 0 Å². The average molecular weight is 463 g/mol. The number of carbonyl (C=O) groups is 1. The lowest BCUT2D eigenvalue weighted by molar-refractivity contribution is -0.125. The molecule has 0 aliphatic rings. The lowest BCUT2D eigenvalue weighted by Crippen LogP contribution is -2.31. The molecule has 2 atom stereocenters. The second-order valence-corrected chi connectivity index (χ2v) is 9.83. The molecule has 3 nitrogen and oxygen atoms in total. The summed E-state index contributed by atoms with van der Waals surface area (Å²) in [6.45, 7) is 10.7. The van der Waals surface area contributed by atoms with Crippen LogP contribution in [0.15, 0.2) is 0 Å². The number of rotatable bonds is 23. The number of carbonyl (C=O) groups excluding carboxylic acids is 1. The molecular formula is C30H58N2O. The zero-order valence-electron chi connectivity index (χ0n) is 22.9. The molecule has 0 radical (unpaired) electrons. The van der Waals surface area contributed by atoms with Gasteiger partial charge >= 0.3 is 0 Å². The maximum atomic E-state index is 12.5. The first kappa shape index (κ1) is 32.0. The van der Waals surface area contributed by atoms with Crippen LogP contribution in [-0.2, 0) is 4.79 Å². The molecule has 2 N–H and O–H groups in total. The molecule has 3 heteroatoms. The summed E-state index contributed by atoms with van der Waals surface area (Å²) in [4.78, 5) is 12.5. The van der Waals surface area contributed by atoms with Crippen LogP contribution < -0.4 is 10.6 Å². The number of hydrogen-bond acceptors (Lipinski definition) is 2. The molecule has 0 heterocycles. The summed E-state index contributed by atoms with van der Waals surface area (Å²) < 4.78 is 0.